The van der Waals surface area contributed by atoms with E-state index in [1.54, 1.807) is 31.2 Å². The van der Waals surface area contributed by atoms with Crippen molar-refractivity contribution in [1.29, 1.82) is 5.26 Å². The Labute approximate surface area is 141 Å². The Morgan fingerprint density at radius 2 is 2.14 bits per heavy atom. The van der Waals surface area contributed by atoms with Crippen LogP contribution in [-0.2, 0) is 4.79 Å². The number of hydrogen-bond donors (Lipinski definition) is 1. The minimum absolute atomic E-state index is 0.293. The first-order valence-electron chi connectivity index (χ1n) is 6.42. The van der Waals surface area contributed by atoms with Crippen LogP contribution in [0.2, 0.25) is 5.02 Å². The summed E-state index contributed by atoms with van der Waals surface area (Å²) in [6.07, 6.45) is -0.732. The largest absolute Gasteiger partial charge is 0.479 e. The first-order valence-corrected chi connectivity index (χ1v) is 7.59. The lowest BCUT2D eigenvalue weighted by Crippen LogP contribution is -2.30. The van der Waals surface area contributed by atoms with Crippen molar-refractivity contribution in [3.8, 4) is 11.8 Å². The van der Waals surface area contributed by atoms with Gasteiger partial charge in [0.1, 0.15) is 5.75 Å². The van der Waals surface area contributed by atoms with Gasteiger partial charge in [-0.1, -0.05) is 33.6 Å². The van der Waals surface area contributed by atoms with E-state index < -0.39 is 6.10 Å². The first-order chi connectivity index (χ1) is 10.5. The summed E-state index contributed by atoms with van der Waals surface area (Å²) < 4.78 is 6.41. The summed E-state index contributed by atoms with van der Waals surface area (Å²) in [5, 5.41) is 11.8. The van der Waals surface area contributed by atoms with Crippen LogP contribution in [-0.4, -0.2) is 12.0 Å². The number of carbonyl (C=O) groups is 1. The van der Waals surface area contributed by atoms with E-state index in [0.29, 0.717) is 22.0 Å². The number of rotatable bonds is 4. The van der Waals surface area contributed by atoms with Crippen LogP contribution in [0.5, 0.6) is 5.75 Å². The molecule has 1 N–H and O–H groups in total. The van der Waals surface area contributed by atoms with Crippen molar-refractivity contribution in [3.63, 3.8) is 0 Å². The van der Waals surface area contributed by atoms with Gasteiger partial charge in [0.05, 0.1) is 16.7 Å². The highest BCUT2D eigenvalue weighted by molar-refractivity contribution is 9.10. The summed E-state index contributed by atoms with van der Waals surface area (Å²) in [6, 6.07) is 13.9. The molecule has 6 heteroatoms. The molecular weight excluding hydrogens is 368 g/mol. The molecule has 1 atom stereocenters. The molecule has 4 nitrogen and oxygen atoms in total. The quantitative estimate of drug-likeness (QED) is 0.857. The molecule has 0 radical (unpaired) electrons. The van der Waals surface area contributed by atoms with Crippen LogP contribution >= 0.6 is 27.5 Å². The van der Waals surface area contributed by atoms with Gasteiger partial charge in [-0.3, -0.25) is 4.79 Å². The van der Waals surface area contributed by atoms with Crippen molar-refractivity contribution in [2.45, 2.75) is 13.0 Å². The highest BCUT2D eigenvalue weighted by Crippen LogP contribution is 2.26. The van der Waals surface area contributed by atoms with Crippen molar-refractivity contribution >= 4 is 39.1 Å². The van der Waals surface area contributed by atoms with Crippen LogP contribution < -0.4 is 10.1 Å². The molecule has 2 rings (SSSR count). The highest BCUT2D eigenvalue weighted by atomic mass is 79.9. The van der Waals surface area contributed by atoms with Gasteiger partial charge in [0, 0.05) is 10.2 Å². The van der Waals surface area contributed by atoms with Crippen LogP contribution in [0.15, 0.2) is 46.9 Å². The van der Waals surface area contributed by atoms with E-state index in [2.05, 4.69) is 21.2 Å². The lowest BCUT2D eigenvalue weighted by atomic mass is 10.2. The normalized spacial score (nSPS) is 11.4. The molecule has 112 valence electrons. The predicted octanol–water partition coefficient (Wildman–Crippen LogP) is 4.38. The predicted molar refractivity (Wildman–Crippen MR) is 89.0 cm³/mol. The summed E-state index contributed by atoms with van der Waals surface area (Å²) >= 11 is 9.36. The zero-order chi connectivity index (χ0) is 16.1. The average molecular weight is 380 g/mol. The third-order valence-electron chi connectivity index (χ3n) is 2.83. The number of nitriles is 1. The van der Waals surface area contributed by atoms with Gasteiger partial charge >= 0.3 is 0 Å². The number of amides is 1. The van der Waals surface area contributed by atoms with Crippen LogP contribution in [0, 0.1) is 11.3 Å². The van der Waals surface area contributed by atoms with E-state index in [1.807, 2.05) is 18.2 Å². The minimum atomic E-state index is -0.732. The van der Waals surface area contributed by atoms with Crippen molar-refractivity contribution in [1.82, 2.24) is 0 Å². The van der Waals surface area contributed by atoms with Gasteiger partial charge in [0.15, 0.2) is 6.10 Å². The number of halogens is 2. The van der Waals surface area contributed by atoms with Crippen molar-refractivity contribution < 1.29 is 9.53 Å². The van der Waals surface area contributed by atoms with Gasteiger partial charge in [-0.15, -0.1) is 0 Å². The standard InChI is InChI=1S/C16H12BrClN2O2/c1-10(16(21)20-13-4-2-3-12(17)8-13)22-15-6-5-11(9-19)7-14(15)18/h2-8,10H,1H3,(H,20,21)/t10-/m1/s1. The molecule has 0 saturated carbocycles. The highest BCUT2D eigenvalue weighted by Gasteiger charge is 2.16. The Hall–Kier alpha value is -2.03. The van der Waals surface area contributed by atoms with E-state index in [0.717, 1.165) is 4.47 Å². The molecule has 0 unspecified atom stereocenters. The summed E-state index contributed by atoms with van der Waals surface area (Å²) in [5.74, 6) is 0.0658. The molecular formula is C16H12BrClN2O2. The van der Waals surface area contributed by atoms with Crippen molar-refractivity contribution in [2.75, 3.05) is 5.32 Å². The third kappa shape index (κ3) is 4.23. The topological polar surface area (TPSA) is 62.1 Å². The van der Waals surface area contributed by atoms with Crippen LogP contribution in [0.1, 0.15) is 12.5 Å². The molecule has 2 aromatic rings. The zero-order valence-corrected chi connectivity index (χ0v) is 14.0. The fraction of sp³-hybridized carbons (Fsp3) is 0.125. The Balaban J connectivity index is 2.04. The molecule has 0 heterocycles. The maximum atomic E-state index is 12.1. The minimum Gasteiger partial charge on any atom is -0.479 e. The summed E-state index contributed by atoms with van der Waals surface area (Å²) in [5.41, 5.74) is 1.10. The molecule has 0 aromatic heterocycles. The number of hydrogen-bond acceptors (Lipinski definition) is 3. The van der Waals surface area contributed by atoms with Crippen molar-refractivity contribution in [3.05, 3.63) is 57.5 Å². The molecule has 1 amide bonds. The lowest BCUT2D eigenvalue weighted by molar-refractivity contribution is -0.122. The Morgan fingerprint density at radius 3 is 2.77 bits per heavy atom. The number of carbonyl (C=O) groups excluding carboxylic acids is 1. The number of benzene rings is 2. The Morgan fingerprint density at radius 1 is 1.36 bits per heavy atom. The molecule has 0 saturated heterocycles. The molecule has 2 aromatic carbocycles. The molecule has 0 aliphatic heterocycles. The van der Waals surface area contributed by atoms with Gasteiger partial charge in [-0.2, -0.15) is 5.26 Å². The molecule has 0 fully saturated rings. The molecule has 22 heavy (non-hydrogen) atoms. The van der Waals surface area contributed by atoms with E-state index in [-0.39, 0.29) is 5.91 Å². The summed E-state index contributed by atoms with van der Waals surface area (Å²) in [4.78, 5) is 12.1. The van der Waals surface area contributed by atoms with Gasteiger partial charge in [-0.25, -0.2) is 0 Å². The van der Waals surface area contributed by atoms with Crippen LogP contribution in [0.4, 0.5) is 5.69 Å². The van der Waals surface area contributed by atoms with Gasteiger partial charge in [-0.05, 0) is 43.3 Å². The fourth-order valence-electron chi connectivity index (χ4n) is 1.72. The number of anilines is 1. The second-order valence-corrected chi connectivity index (χ2v) is 5.84. The van der Waals surface area contributed by atoms with E-state index in [4.69, 9.17) is 21.6 Å². The van der Waals surface area contributed by atoms with Gasteiger partial charge in [0.2, 0.25) is 0 Å². The molecule has 0 bridgehead atoms. The fourth-order valence-corrected chi connectivity index (χ4v) is 2.34. The van der Waals surface area contributed by atoms with E-state index in [9.17, 15) is 4.79 Å². The SMILES string of the molecule is C[C@@H](Oc1ccc(C#N)cc1Cl)C(=O)Nc1cccc(Br)c1. The Kier molecular flexibility index (Phi) is 5.42. The van der Waals surface area contributed by atoms with E-state index in [1.165, 1.54) is 6.07 Å². The third-order valence-corrected chi connectivity index (χ3v) is 3.61. The maximum absolute atomic E-state index is 12.1. The van der Waals surface area contributed by atoms with Gasteiger partial charge < -0.3 is 10.1 Å². The average Bonchev–Trinajstić information content (AvgIpc) is 2.49. The Bertz CT molecular complexity index is 743. The summed E-state index contributed by atoms with van der Waals surface area (Å²) in [7, 11) is 0. The monoisotopic (exact) mass is 378 g/mol. The smallest absolute Gasteiger partial charge is 0.265 e. The second kappa shape index (κ2) is 7.30. The zero-order valence-electron chi connectivity index (χ0n) is 11.6. The van der Waals surface area contributed by atoms with Crippen molar-refractivity contribution in [2.24, 2.45) is 0 Å². The second-order valence-electron chi connectivity index (χ2n) is 4.52. The van der Waals surface area contributed by atoms with Crippen LogP contribution in [0.25, 0.3) is 0 Å². The molecule has 0 spiro atoms. The number of nitrogens with one attached hydrogen (secondary N) is 1. The molecule has 0 aliphatic carbocycles. The molecule has 0 aliphatic rings. The maximum Gasteiger partial charge on any atom is 0.265 e. The number of nitrogens with zero attached hydrogens (tertiary/aromatic N) is 1. The van der Waals surface area contributed by atoms with Crippen LogP contribution in [0.3, 0.4) is 0 Å². The first kappa shape index (κ1) is 16.3. The van der Waals surface area contributed by atoms with E-state index >= 15 is 0 Å². The lowest BCUT2D eigenvalue weighted by Gasteiger charge is -2.15. The summed E-state index contributed by atoms with van der Waals surface area (Å²) in [6.45, 7) is 1.63. The van der Waals surface area contributed by atoms with Gasteiger partial charge in [0.25, 0.3) is 5.91 Å². The number of ether oxygens (including phenoxy) is 1.